The van der Waals surface area contributed by atoms with Gasteiger partial charge in [-0.15, -0.1) is 0 Å². The van der Waals surface area contributed by atoms with Gasteiger partial charge in [-0.2, -0.15) is 0 Å². The lowest BCUT2D eigenvalue weighted by Gasteiger charge is -2.29. The van der Waals surface area contributed by atoms with Crippen molar-refractivity contribution in [3.63, 3.8) is 0 Å². The van der Waals surface area contributed by atoms with E-state index in [1.54, 1.807) is 0 Å². The lowest BCUT2D eigenvalue weighted by molar-refractivity contribution is 0.103. The van der Waals surface area contributed by atoms with Crippen molar-refractivity contribution >= 4 is 21.4 Å². The Morgan fingerprint density at radius 1 is 1.40 bits per heavy atom. The minimum Gasteiger partial charge on any atom is -0.387 e. The van der Waals surface area contributed by atoms with Crippen LogP contribution < -0.4 is 5.32 Å². The highest BCUT2D eigenvalue weighted by molar-refractivity contribution is 7.90. The predicted octanol–water partition coefficient (Wildman–Crippen LogP) is 0.682. The molecule has 2 rings (SSSR count). The first-order valence-corrected chi connectivity index (χ1v) is 8.75. The zero-order valence-electron chi connectivity index (χ0n) is 11.3. The van der Waals surface area contributed by atoms with Crippen molar-refractivity contribution in [2.24, 2.45) is 0 Å². The SMILES string of the molecule is CS(=O)(=O)c1ccc(Cl)cc1C(O)CN1CCNCC1. The summed E-state index contributed by atoms with van der Waals surface area (Å²) in [6.45, 7) is 3.84. The quantitative estimate of drug-likeness (QED) is 0.854. The van der Waals surface area contributed by atoms with Crippen LogP contribution in [-0.2, 0) is 9.84 Å². The molecule has 1 aromatic rings. The fourth-order valence-electron chi connectivity index (χ4n) is 2.35. The van der Waals surface area contributed by atoms with Crippen LogP contribution in [0.1, 0.15) is 11.7 Å². The van der Waals surface area contributed by atoms with Crippen molar-refractivity contribution in [2.75, 3.05) is 39.0 Å². The maximum absolute atomic E-state index is 11.8. The van der Waals surface area contributed by atoms with Crippen LogP contribution in [0.25, 0.3) is 0 Å². The monoisotopic (exact) mass is 318 g/mol. The van der Waals surface area contributed by atoms with Crippen molar-refractivity contribution in [3.05, 3.63) is 28.8 Å². The molecule has 0 radical (unpaired) electrons. The largest absolute Gasteiger partial charge is 0.387 e. The molecule has 0 bridgehead atoms. The number of nitrogens with one attached hydrogen (secondary N) is 1. The van der Waals surface area contributed by atoms with Crippen molar-refractivity contribution in [2.45, 2.75) is 11.0 Å². The summed E-state index contributed by atoms with van der Waals surface area (Å²) in [5, 5.41) is 14.0. The Labute approximate surface area is 124 Å². The summed E-state index contributed by atoms with van der Waals surface area (Å²) in [6.07, 6.45) is 0.272. The molecule has 0 saturated carbocycles. The van der Waals surface area contributed by atoms with Crippen LogP contribution in [0.15, 0.2) is 23.1 Å². The Morgan fingerprint density at radius 2 is 2.05 bits per heavy atom. The Kier molecular flexibility index (Phi) is 5.04. The molecule has 112 valence electrons. The number of nitrogens with zero attached hydrogens (tertiary/aromatic N) is 1. The molecular weight excluding hydrogens is 300 g/mol. The minimum atomic E-state index is -3.39. The van der Waals surface area contributed by atoms with Gasteiger partial charge < -0.3 is 10.4 Å². The smallest absolute Gasteiger partial charge is 0.175 e. The van der Waals surface area contributed by atoms with E-state index in [1.807, 2.05) is 0 Å². The second-order valence-corrected chi connectivity index (χ2v) is 7.44. The highest BCUT2D eigenvalue weighted by Gasteiger charge is 2.22. The zero-order valence-corrected chi connectivity index (χ0v) is 12.9. The van der Waals surface area contributed by atoms with Crippen molar-refractivity contribution in [1.29, 1.82) is 0 Å². The van der Waals surface area contributed by atoms with E-state index in [9.17, 15) is 13.5 Å². The Bertz CT molecular complexity index is 571. The molecule has 1 aliphatic heterocycles. The summed E-state index contributed by atoms with van der Waals surface area (Å²) in [6, 6.07) is 4.51. The number of aliphatic hydroxyl groups is 1. The van der Waals surface area contributed by atoms with E-state index < -0.39 is 15.9 Å². The van der Waals surface area contributed by atoms with Crippen LogP contribution in [0, 0.1) is 0 Å². The summed E-state index contributed by atoms with van der Waals surface area (Å²) in [7, 11) is -3.39. The van der Waals surface area contributed by atoms with E-state index in [0.29, 0.717) is 17.1 Å². The molecule has 1 heterocycles. The summed E-state index contributed by atoms with van der Waals surface area (Å²) in [5.74, 6) is 0. The third-order valence-electron chi connectivity index (χ3n) is 3.37. The Balaban J connectivity index is 2.23. The van der Waals surface area contributed by atoms with Crippen LogP contribution in [0.5, 0.6) is 0 Å². The molecular formula is C13H19ClN2O3S. The summed E-state index contributed by atoms with van der Waals surface area (Å²) in [4.78, 5) is 2.25. The molecule has 7 heteroatoms. The van der Waals surface area contributed by atoms with Gasteiger partial charge in [0.1, 0.15) is 0 Å². The van der Waals surface area contributed by atoms with E-state index in [4.69, 9.17) is 11.6 Å². The molecule has 2 N–H and O–H groups in total. The topological polar surface area (TPSA) is 69.6 Å². The summed E-state index contributed by atoms with van der Waals surface area (Å²) in [5.41, 5.74) is 0.374. The van der Waals surface area contributed by atoms with Gasteiger partial charge in [0.2, 0.25) is 0 Å². The van der Waals surface area contributed by atoms with Gasteiger partial charge in [-0.05, 0) is 18.2 Å². The number of hydrogen-bond donors (Lipinski definition) is 2. The number of piperazine rings is 1. The maximum Gasteiger partial charge on any atom is 0.175 e. The number of aliphatic hydroxyl groups excluding tert-OH is 1. The van der Waals surface area contributed by atoms with E-state index in [-0.39, 0.29) is 4.90 Å². The first-order chi connectivity index (χ1) is 9.38. The molecule has 1 aliphatic rings. The van der Waals surface area contributed by atoms with Crippen molar-refractivity contribution < 1.29 is 13.5 Å². The number of hydrogen-bond acceptors (Lipinski definition) is 5. The molecule has 0 aliphatic carbocycles. The third kappa shape index (κ3) is 3.93. The van der Waals surface area contributed by atoms with Crippen LogP contribution in [-0.4, -0.2) is 57.4 Å². The van der Waals surface area contributed by atoms with E-state index >= 15 is 0 Å². The maximum atomic E-state index is 11.8. The fourth-order valence-corrected chi connectivity index (χ4v) is 3.47. The second-order valence-electron chi connectivity index (χ2n) is 5.02. The van der Waals surface area contributed by atoms with Gasteiger partial charge in [-0.25, -0.2) is 8.42 Å². The van der Waals surface area contributed by atoms with Crippen molar-refractivity contribution in [3.8, 4) is 0 Å². The number of rotatable bonds is 4. The predicted molar refractivity (Wildman–Crippen MR) is 78.8 cm³/mol. The first-order valence-electron chi connectivity index (χ1n) is 6.48. The lowest BCUT2D eigenvalue weighted by Crippen LogP contribution is -2.45. The standard InChI is InChI=1S/C13H19ClN2O3S/c1-20(18,19)13-3-2-10(14)8-11(13)12(17)9-16-6-4-15-5-7-16/h2-3,8,12,15,17H,4-7,9H2,1H3. The van der Waals surface area contributed by atoms with Gasteiger partial charge in [0, 0.05) is 49.6 Å². The lowest BCUT2D eigenvalue weighted by atomic mass is 10.1. The zero-order chi connectivity index (χ0) is 14.8. The van der Waals surface area contributed by atoms with E-state index in [2.05, 4.69) is 10.2 Å². The molecule has 5 nitrogen and oxygen atoms in total. The molecule has 0 aromatic heterocycles. The molecule has 0 amide bonds. The molecule has 1 unspecified atom stereocenters. The Morgan fingerprint density at radius 3 is 2.65 bits per heavy atom. The van der Waals surface area contributed by atoms with Gasteiger partial charge >= 0.3 is 0 Å². The fraction of sp³-hybridized carbons (Fsp3) is 0.538. The number of β-amino-alcohol motifs (C(OH)–C–C–N with tert-alkyl or cyclic N) is 1. The second kappa shape index (κ2) is 6.41. The Hall–Kier alpha value is -0.660. The van der Waals surface area contributed by atoms with Gasteiger partial charge in [-0.3, -0.25) is 4.90 Å². The van der Waals surface area contributed by atoms with Crippen LogP contribution >= 0.6 is 11.6 Å². The molecule has 1 atom stereocenters. The van der Waals surface area contributed by atoms with E-state index in [1.165, 1.54) is 18.2 Å². The minimum absolute atomic E-state index is 0.143. The van der Waals surface area contributed by atoms with Crippen molar-refractivity contribution in [1.82, 2.24) is 10.2 Å². The number of halogens is 1. The van der Waals surface area contributed by atoms with Gasteiger partial charge in [0.25, 0.3) is 0 Å². The van der Waals surface area contributed by atoms with Gasteiger partial charge in [-0.1, -0.05) is 11.6 Å². The summed E-state index contributed by atoms with van der Waals surface area (Å²) < 4.78 is 23.6. The van der Waals surface area contributed by atoms with Gasteiger partial charge in [0.05, 0.1) is 11.0 Å². The number of benzene rings is 1. The summed E-state index contributed by atoms with van der Waals surface area (Å²) >= 11 is 5.92. The molecule has 0 spiro atoms. The molecule has 1 fully saturated rings. The van der Waals surface area contributed by atoms with Crippen LogP contribution in [0.3, 0.4) is 0 Å². The van der Waals surface area contributed by atoms with Gasteiger partial charge in [0.15, 0.2) is 9.84 Å². The average molecular weight is 319 g/mol. The average Bonchev–Trinajstić information content (AvgIpc) is 2.38. The molecule has 1 aromatic carbocycles. The molecule has 1 saturated heterocycles. The highest BCUT2D eigenvalue weighted by atomic mass is 35.5. The van der Waals surface area contributed by atoms with Crippen LogP contribution in [0.2, 0.25) is 5.02 Å². The van der Waals surface area contributed by atoms with E-state index in [0.717, 1.165) is 32.4 Å². The third-order valence-corrected chi connectivity index (χ3v) is 4.78. The highest BCUT2D eigenvalue weighted by Crippen LogP contribution is 2.26. The molecule has 20 heavy (non-hydrogen) atoms. The first kappa shape index (κ1) is 15.7. The number of sulfone groups is 1. The normalized spacial score (nSPS) is 18.9. The van der Waals surface area contributed by atoms with Crippen LogP contribution in [0.4, 0.5) is 0 Å².